The van der Waals surface area contributed by atoms with E-state index in [2.05, 4.69) is 15.0 Å². The summed E-state index contributed by atoms with van der Waals surface area (Å²) >= 11 is 1.18. The molecule has 7 nitrogen and oxygen atoms in total. The molecule has 1 aromatic carbocycles. The third kappa shape index (κ3) is 3.21. The van der Waals surface area contributed by atoms with Crippen molar-refractivity contribution in [3.63, 3.8) is 0 Å². The van der Waals surface area contributed by atoms with Crippen molar-refractivity contribution < 1.29 is 4.92 Å². The lowest BCUT2D eigenvalue weighted by Crippen LogP contribution is -1.92. The molecule has 0 N–H and O–H groups in total. The van der Waals surface area contributed by atoms with Gasteiger partial charge in [-0.2, -0.15) is 0 Å². The molecule has 2 rings (SSSR count). The van der Waals surface area contributed by atoms with E-state index in [1.54, 1.807) is 24.3 Å². The quantitative estimate of drug-likeness (QED) is 0.275. The first-order valence-corrected chi connectivity index (χ1v) is 5.95. The molecule has 94 valence electrons. The molecule has 0 aliphatic rings. The molecule has 0 aliphatic carbocycles. The molecule has 0 radical (unpaired) electrons. The van der Waals surface area contributed by atoms with Gasteiger partial charge in [0.05, 0.1) is 4.92 Å². The monoisotopic (exact) mass is 273 g/mol. The highest BCUT2D eigenvalue weighted by Crippen LogP contribution is 2.33. The van der Waals surface area contributed by atoms with Crippen LogP contribution in [0.3, 0.4) is 0 Å². The predicted molar refractivity (Wildman–Crippen MR) is 70.3 cm³/mol. The minimum Gasteiger partial charge on any atom is -0.258 e. The molecule has 8 heteroatoms. The van der Waals surface area contributed by atoms with E-state index in [1.165, 1.54) is 30.1 Å². The maximum Gasteiger partial charge on any atom is 0.301 e. The molecule has 19 heavy (non-hydrogen) atoms. The van der Waals surface area contributed by atoms with Crippen LogP contribution in [-0.4, -0.2) is 9.91 Å². The number of hydrogen-bond acceptors (Lipinski definition) is 5. The average Bonchev–Trinajstić information content (AvgIpc) is 2.42. The number of nitro groups is 1. The van der Waals surface area contributed by atoms with Gasteiger partial charge in [-0.25, -0.2) is 4.98 Å². The molecule has 1 aromatic heterocycles. The molecule has 0 atom stereocenters. The molecule has 2 aromatic rings. The summed E-state index contributed by atoms with van der Waals surface area (Å²) < 4.78 is 0. The van der Waals surface area contributed by atoms with Crippen LogP contribution in [0.15, 0.2) is 57.6 Å². The molecule has 0 saturated heterocycles. The van der Waals surface area contributed by atoms with Crippen molar-refractivity contribution in [1.82, 2.24) is 4.98 Å². The fourth-order valence-corrected chi connectivity index (χ4v) is 2.20. The van der Waals surface area contributed by atoms with Crippen molar-refractivity contribution in [2.24, 2.45) is 5.11 Å². The van der Waals surface area contributed by atoms with Crippen LogP contribution < -0.4 is 0 Å². The molecular weight excluding hydrogens is 266 g/mol. The molecule has 0 bridgehead atoms. The fraction of sp³-hybridized carbons (Fsp3) is 0. The van der Waals surface area contributed by atoms with Gasteiger partial charge in [-0.1, -0.05) is 29.0 Å². The van der Waals surface area contributed by atoms with Gasteiger partial charge in [-0.05, 0) is 23.7 Å². The predicted octanol–water partition coefficient (Wildman–Crippen LogP) is 4.08. The number of pyridine rings is 1. The number of hydrogen-bond donors (Lipinski definition) is 0. The van der Waals surface area contributed by atoms with Crippen LogP contribution >= 0.6 is 11.8 Å². The maximum absolute atomic E-state index is 10.8. The van der Waals surface area contributed by atoms with Gasteiger partial charge in [0.1, 0.15) is 0 Å². The molecule has 0 amide bonds. The Morgan fingerprint density at radius 2 is 2.05 bits per heavy atom. The second-order valence-corrected chi connectivity index (χ2v) is 4.43. The smallest absolute Gasteiger partial charge is 0.258 e. The second-order valence-electron chi connectivity index (χ2n) is 3.37. The summed E-state index contributed by atoms with van der Waals surface area (Å²) in [5, 5.41) is 14.6. The zero-order valence-corrected chi connectivity index (χ0v) is 10.3. The lowest BCUT2D eigenvalue weighted by molar-refractivity contribution is -0.388. The first-order valence-electron chi connectivity index (χ1n) is 5.13. The number of benzene rings is 1. The summed E-state index contributed by atoms with van der Waals surface area (Å²) in [4.78, 5) is 17.8. The van der Waals surface area contributed by atoms with Crippen LogP contribution in [-0.2, 0) is 0 Å². The lowest BCUT2D eigenvalue weighted by atomic mass is 10.3. The van der Waals surface area contributed by atoms with Crippen molar-refractivity contribution in [2.45, 2.75) is 9.92 Å². The van der Waals surface area contributed by atoms with Crippen molar-refractivity contribution in [1.29, 1.82) is 0 Å². The average molecular weight is 273 g/mol. The summed E-state index contributed by atoms with van der Waals surface area (Å²) in [5.74, 6) is 0. The fourth-order valence-electron chi connectivity index (χ4n) is 1.34. The maximum atomic E-state index is 10.8. The topological polar surface area (TPSA) is 105 Å². The molecule has 0 unspecified atom stereocenters. The van der Waals surface area contributed by atoms with Crippen molar-refractivity contribution in [2.75, 3.05) is 0 Å². The number of nitrogens with zero attached hydrogens (tertiary/aromatic N) is 5. The molecule has 0 fully saturated rings. The number of rotatable bonds is 4. The van der Waals surface area contributed by atoms with Crippen LogP contribution in [0, 0.1) is 10.1 Å². The van der Waals surface area contributed by atoms with Gasteiger partial charge < -0.3 is 0 Å². The number of aromatic nitrogens is 1. The Kier molecular flexibility index (Phi) is 3.97. The Balaban J connectivity index is 2.26. The highest BCUT2D eigenvalue weighted by Gasteiger charge is 2.14. The summed E-state index contributed by atoms with van der Waals surface area (Å²) in [5.41, 5.74) is 8.74. The molecular formula is C11H7N5O2S. The third-order valence-corrected chi connectivity index (χ3v) is 3.17. The van der Waals surface area contributed by atoms with Gasteiger partial charge in [-0.15, -0.1) is 0 Å². The van der Waals surface area contributed by atoms with Gasteiger partial charge in [0.25, 0.3) is 0 Å². The standard InChI is InChI=1S/C11H7N5O2S/c12-15-14-8-3-5-9(6-4-8)19-11-10(16(17)18)2-1-7-13-11/h1-7H. The third-order valence-electron chi connectivity index (χ3n) is 2.16. The summed E-state index contributed by atoms with van der Waals surface area (Å²) in [6.45, 7) is 0. The van der Waals surface area contributed by atoms with E-state index in [1.807, 2.05) is 0 Å². The van der Waals surface area contributed by atoms with Crippen LogP contribution in [0.5, 0.6) is 0 Å². The Morgan fingerprint density at radius 1 is 1.32 bits per heavy atom. The normalized spacial score (nSPS) is 9.68. The molecule has 1 heterocycles. The highest BCUT2D eigenvalue weighted by atomic mass is 32.2. The highest BCUT2D eigenvalue weighted by molar-refractivity contribution is 7.99. The van der Waals surface area contributed by atoms with Crippen LogP contribution in [0.1, 0.15) is 0 Å². The van der Waals surface area contributed by atoms with Crippen LogP contribution in [0.4, 0.5) is 11.4 Å². The van der Waals surface area contributed by atoms with Gasteiger partial charge in [-0.3, -0.25) is 10.1 Å². The van der Waals surface area contributed by atoms with Crippen molar-refractivity contribution >= 4 is 23.1 Å². The van der Waals surface area contributed by atoms with E-state index in [0.717, 1.165) is 4.90 Å². The lowest BCUT2D eigenvalue weighted by Gasteiger charge is -2.01. The van der Waals surface area contributed by atoms with E-state index in [-0.39, 0.29) is 5.69 Å². The van der Waals surface area contributed by atoms with Crippen molar-refractivity contribution in [3.8, 4) is 0 Å². The minimum atomic E-state index is -0.469. The summed E-state index contributed by atoms with van der Waals surface area (Å²) in [7, 11) is 0. The SMILES string of the molecule is [N-]=[N+]=Nc1ccc(Sc2ncccc2[N+](=O)[O-])cc1. The van der Waals surface area contributed by atoms with E-state index in [4.69, 9.17) is 5.53 Å². The summed E-state index contributed by atoms with van der Waals surface area (Å²) in [6, 6.07) is 9.63. The second kappa shape index (κ2) is 5.85. The Hall–Kier alpha value is -2.57. The van der Waals surface area contributed by atoms with Crippen LogP contribution in [0.2, 0.25) is 0 Å². The minimum absolute atomic E-state index is 0.0355. The first kappa shape index (κ1) is 12.9. The number of azide groups is 1. The van der Waals surface area contributed by atoms with Gasteiger partial charge in [0, 0.05) is 27.8 Å². The zero-order valence-electron chi connectivity index (χ0n) is 9.50. The Morgan fingerprint density at radius 3 is 2.68 bits per heavy atom. The Labute approximate surface area is 112 Å². The van der Waals surface area contributed by atoms with Crippen LogP contribution in [0.25, 0.3) is 10.4 Å². The van der Waals surface area contributed by atoms with Gasteiger partial charge >= 0.3 is 5.69 Å². The molecule has 0 saturated carbocycles. The van der Waals surface area contributed by atoms with Gasteiger partial charge in [0.15, 0.2) is 5.03 Å². The molecule has 0 aliphatic heterocycles. The molecule has 0 spiro atoms. The van der Waals surface area contributed by atoms with Crippen molar-refractivity contribution in [3.05, 3.63) is 63.2 Å². The van der Waals surface area contributed by atoms with E-state index >= 15 is 0 Å². The van der Waals surface area contributed by atoms with E-state index in [9.17, 15) is 10.1 Å². The van der Waals surface area contributed by atoms with Gasteiger partial charge in [0.2, 0.25) is 0 Å². The van der Waals surface area contributed by atoms with E-state index in [0.29, 0.717) is 10.7 Å². The largest absolute Gasteiger partial charge is 0.301 e. The zero-order chi connectivity index (χ0) is 13.7. The summed E-state index contributed by atoms with van der Waals surface area (Å²) in [6.07, 6.45) is 1.50. The van der Waals surface area contributed by atoms with E-state index < -0.39 is 4.92 Å². The first-order chi connectivity index (χ1) is 9.20. The Bertz CT molecular complexity index is 652.